The molecule has 1 fully saturated rings. The molecule has 0 bridgehead atoms. The number of rotatable bonds is 3. The number of alkyl halides is 3. The Morgan fingerprint density at radius 2 is 2.00 bits per heavy atom. The van der Waals surface area contributed by atoms with Gasteiger partial charge in [-0.3, -0.25) is 4.79 Å². The summed E-state index contributed by atoms with van der Waals surface area (Å²) in [7, 11) is 0. The van der Waals surface area contributed by atoms with E-state index >= 15 is 0 Å². The molecule has 1 aromatic rings. The van der Waals surface area contributed by atoms with Crippen molar-refractivity contribution in [1.82, 2.24) is 0 Å². The van der Waals surface area contributed by atoms with Gasteiger partial charge in [0, 0.05) is 0 Å². The van der Waals surface area contributed by atoms with Crippen LogP contribution >= 0.6 is 0 Å². The molecule has 1 aliphatic rings. The number of benzene rings is 1. The molecule has 1 aliphatic carbocycles. The zero-order valence-corrected chi connectivity index (χ0v) is 8.25. The van der Waals surface area contributed by atoms with Crippen LogP contribution in [0, 0.1) is 0 Å². The highest BCUT2D eigenvalue weighted by Crippen LogP contribution is 2.37. The summed E-state index contributed by atoms with van der Waals surface area (Å²) in [6, 6.07) is 3.51. The van der Waals surface area contributed by atoms with Gasteiger partial charge in [-0.15, -0.1) is 0 Å². The zero-order valence-electron chi connectivity index (χ0n) is 8.25. The highest BCUT2D eigenvalue weighted by atomic mass is 19.4. The highest BCUT2D eigenvalue weighted by Gasteiger charge is 2.35. The maximum absolute atomic E-state index is 12.6. The predicted molar refractivity (Wildman–Crippen MR) is 50.5 cm³/mol. The predicted octanol–water partition coefficient (Wildman–Crippen LogP) is 3.06. The molecule has 0 saturated heterocycles. The van der Waals surface area contributed by atoms with Crippen LogP contribution in [0.15, 0.2) is 18.2 Å². The van der Waals surface area contributed by atoms with Gasteiger partial charge in [-0.2, -0.15) is 13.2 Å². The van der Waals surface area contributed by atoms with Gasteiger partial charge in [-0.25, -0.2) is 0 Å². The van der Waals surface area contributed by atoms with Crippen molar-refractivity contribution in [3.05, 3.63) is 29.3 Å². The van der Waals surface area contributed by atoms with Gasteiger partial charge in [0.15, 0.2) is 6.29 Å². The van der Waals surface area contributed by atoms with E-state index in [0.717, 1.165) is 18.9 Å². The molecule has 0 spiro atoms. The van der Waals surface area contributed by atoms with Crippen LogP contribution in [0.1, 0.15) is 28.8 Å². The highest BCUT2D eigenvalue weighted by molar-refractivity contribution is 5.82. The van der Waals surface area contributed by atoms with Crippen LogP contribution in [0.3, 0.4) is 0 Å². The Balaban J connectivity index is 2.40. The lowest BCUT2D eigenvalue weighted by Crippen LogP contribution is -2.11. The molecule has 0 N–H and O–H groups in total. The van der Waals surface area contributed by atoms with Crippen LogP contribution < -0.4 is 4.74 Å². The van der Waals surface area contributed by atoms with E-state index < -0.39 is 17.3 Å². The van der Waals surface area contributed by atoms with Gasteiger partial charge in [0.1, 0.15) is 5.75 Å². The van der Waals surface area contributed by atoms with Gasteiger partial charge in [0.05, 0.1) is 17.2 Å². The van der Waals surface area contributed by atoms with Gasteiger partial charge in [0.2, 0.25) is 0 Å². The molecule has 1 aromatic carbocycles. The average Bonchev–Trinajstić information content (AvgIpc) is 3.00. The first kappa shape index (κ1) is 11.0. The van der Waals surface area contributed by atoms with E-state index in [-0.39, 0.29) is 18.1 Å². The summed E-state index contributed by atoms with van der Waals surface area (Å²) in [5.74, 6) is 0.0207. The molecule has 0 aromatic heterocycles. The van der Waals surface area contributed by atoms with Gasteiger partial charge in [-0.1, -0.05) is 6.07 Å². The van der Waals surface area contributed by atoms with E-state index in [9.17, 15) is 18.0 Å². The van der Waals surface area contributed by atoms with Crippen LogP contribution in [-0.2, 0) is 6.18 Å². The molecule has 0 heterocycles. The molecule has 2 nitrogen and oxygen atoms in total. The normalized spacial score (nSPS) is 15.9. The van der Waals surface area contributed by atoms with Crippen LogP contribution in [-0.4, -0.2) is 12.4 Å². The van der Waals surface area contributed by atoms with Crippen LogP contribution in [0.4, 0.5) is 13.2 Å². The molecule has 2 rings (SSSR count). The summed E-state index contributed by atoms with van der Waals surface area (Å²) in [4.78, 5) is 10.7. The van der Waals surface area contributed by atoms with E-state index in [1.807, 2.05) is 0 Å². The second-order valence-electron chi connectivity index (χ2n) is 3.65. The van der Waals surface area contributed by atoms with E-state index in [4.69, 9.17) is 4.74 Å². The van der Waals surface area contributed by atoms with Crippen molar-refractivity contribution in [2.75, 3.05) is 0 Å². The van der Waals surface area contributed by atoms with Crippen molar-refractivity contribution in [1.29, 1.82) is 0 Å². The third kappa shape index (κ3) is 2.18. The number of hydrogen-bond acceptors (Lipinski definition) is 2. The lowest BCUT2D eigenvalue weighted by atomic mass is 10.1. The third-order valence-corrected chi connectivity index (χ3v) is 2.31. The molecular formula is C11H9F3O2. The molecule has 16 heavy (non-hydrogen) atoms. The van der Waals surface area contributed by atoms with Crippen molar-refractivity contribution in [2.24, 2.45) is 0 Å². The smallest absolute Gasteiger partial charge is 0.417 e. The zero-order chi connectivity index (χ0) is 11.8. The van der Waals surface area contributed by atoms with Gasteiger partial charge in [0.25, 0.3) is 0 Å². The Morgan fingerprint density at radius 1 is 1.31 bits per heavy atom. The molecule has 0 aliphatic heterocycles. The SMILES string of the molecule is O=Cc1c(OC2CC2)cccc1C(F)(F)F. The van der Waals surface area contributed by atoms with Crippen molar-refractivity contribution in [2.45, 2.75) is 25.1 Å². The topological polar surface area (TPSA) is 26.3 Å². The lowest BCUT2D eigenvalue weighted by Gasteiger charge is -2.13. The molecule has 5 heteroatoms. The fraction of sp³-hybridized carbons (Fsp3) is 0.364. The van der Waals surface area contributed by atoms with Crippen LogP contribution in [0.2, 0.25) is 0 Å². The molecule has 0 atom stereocenters. The second-order valence-corrected chi connectivity index (χ2v) is 3.65. The Morgan fingerprint density at radius 3 is 2.50 bits per heavy atom. The fourth-order valence-corrected chi connectivity index (χ4v) is 1.38. The summed E-state index contributed by atoms with van der Waals surface area (Å²) in [6.45, 7) is 0. The summed E-state index contributed by atoms with van der Waals surface area (Å²) in [6.07, 6.45) is -2.72. The van der Waals surface area contributed by atoms with Crippen molar-refractivity contribution < 1.29 is 22.7 Å². The number of hydrogen-bond donors (Lipinski definition) is 0. The quantitative estimate of drug-likeness (QED) is 0.746. The standard InChI is InChI=1S/C11H9F3O2/c12-11(13,14)9-2-1-3-10(8(9)6-15)16-7-4-5-7/h1-3,6-7H,4-5H2. The molecule has 1 saturated carbocycles. The Hall–Kier alpha value is -1.52. The van der Waals surface area contributed by atoms with E-state index in [2.05, 4.69) is 0 Å². The van der Waals surface area contributed by atoms with E-state index in [0.29, 0.717) is 0 Å². The third-order valence-electron chi connectivity index (χ3n) is 2.31. The number of aldehydes is 1. The minimum Gasteiger partial charge on any atom is -0.490 e. The fourth-order valence-electron chi connectivity index (χ4n) is 1.38. The molecule has 0 radical (unpaired) electrons. The van der Waals surface area contributed by atoms with Crippen molar-refractivity contribution >= 4 is 6.29 Å². The van der Waals surface area contributed by atoms with E-state index in [1.165, 1.54) is 12.1 Å². The van der Waals surface area contributed by atoms with E-state index in [1.54, 1.807) is 0 Å². The number of ether oxygens (including phenoxy) is 1. The van der Waals surface area contributed by atoms with Gasteiger partial charge < -0.3 is 4.74 Å². The first-order valence-electron chi connectivity index (χ1n) is 4.84. The van der Waals surface area contributed by atoms with Crippen LogP contribution in [0.5, 0.6) is 5.75 Å². The monoisotopic (exact) mass is 230 g/mol. The molecule has 0 amide bonds. The van der Waals surface area contributed by atoms with Gasteiger partial charge >= 0.3 is 6.18 Å². The Bertz CT molecular complexity index is 408. The molecular weight excluding hydrogens is 221 g/mol. The first-order valence-corrected chi connectivity index (χ1v) is 4.84. The Kier molecular flexibility index (Phi) is 2.61. The minimum absolute atomic E-state index is 0.0207. The average molecular weight is 230 g/mol. The summed E-state index contributed by atoms with van der Waals surface area (Å²) in [5.41, 5.74) is -1.36. The number of carbonyl (C=O) groups is 1. The maximum Gasteiger partial charge on any atom is 0.417 e. The summed E-state index contributed by atoms with van der Waals surface area (Å²) < 4.78 is 42.9. The second kappa shape index (κ2) is 3.81. The molecule has 86 valence electrons. The molecule has 0 unspecified atom stereocenters. The minimum atomic E-state index is -4.53. The Labute approximate surface area is 90.0 Å². The largest absolute Gasteiger partial charge is 0.490 e. The number of halogens is 3. The lowest BCUT2D eigenvalue weighted by molar-refractivity contribution is -0.138. The van der Waals surface area contributed by atoms with Crippen LogP contribution in [0.25, 0.3) is 0 Å². The number of carbonyl (C=O) groups excluding carboxylic acids is 1. The summed E-state index contributed by atoms with van der Waals surface area (Å²) >= 11 is 0. The van der Waals surface area contributed by atoms with Crippen molar-refractivity contribution in [3.63, 3.8) is 0 Å². The maximum atomic E-state index is 12.6. The van der Waals surface area contributed by atoms with Crippen molar-refractivity contribution in [3.8, 4) is 5.75 Å². The first-order chi connectivity index (χ1) is 7.52. The van der Waals surface area contributed by atoms with Gasteiger partial charge in [-0.05, 0) is 25.0 Å². The summed E-state index contributed by atoms with van der Waals surface area (Å²) in [5, 5.41) is 0.